The maximum Gasteiger partial charge on any atom is 0.243 e. The van der Waals surface area contributed by atoms with Gasteiger partial charge in [-0.05, 0) is 24.5 Å². The Balaban J connectivity index is 2.40. The molecule has 0 aliphatic heterocycles. The molecule has 1 unspecified atom stereocenters. The van der Waals surface area contributed by atoms with Crippen molar-refractivity contribution in [3.63, 3.8) is 0 Å². The number of nitrogens with zero attached hydrogens (tertiary/aromatic N) is 1. The van der Waals surface area contributed by atoms with Crippen LogP contribution >= 0.6 is 0 Å². The van der Waals surface area contributed by atoms with Crippen molar-refractivity contribution >= 4 is 32.4 Å². The third-order valence-corrected chi connectivity index (χ3v) is 6.43. The molecule has 0 aliphatic carbocycles. The molecule has 0 saturated heterocycles. The molecule has 0 aliphatic rings. The summed E-state index contributed by atoms with van der Waals surface area (Å²) >= 11 is 0. The highest BCUT2D eigenvalue weighted by Gasteiger charge is 2.24. The number of amides is 1. The highest BCUT2D eigenvalue weighted by atomic mass is 32.2. The SMILES string of the molecule is CC(=O)Nc1ccc(S(=O)(=O)N(C)CCC(N)C(C)C)c2ccccc12. The van der Waals surface area contributed by atoms with E-state index in [1.165, 1.54) is 11.2 Å². The van der Waals surface area contributed by atoms with Crippen molar-refractivity contribution in [3.05, 3.63) is 36.4 Å². The summed E-state index contributed by atoms with van der Waals surface area (Å²) in [7, 11) is -2.10. The number of anilines is 1. The summed E-state index contributed by atoms with van der Waals surface area (Å²) in [6.45, 7) is 5.81. The fraction of sp³-hybridized carbons (Fsp3) is 0.421. The van der Waals surface area contributed by atoms with E-state index in [0.717, 1.165) is 0 Å². The van der Waals surface area contributed by atoms with Crippen molar-refractivity contribution < 1.29 is 13.2 Å². The first-order valence-corrected chi connectivity index (χ1v) is 10.1. The first kappa shape index (κ1) is 20.4. The smallest absolute Gasteiger partial charge is 0.243 e. The van der Waals surface area contributed by atoms with Crippen molar-refractivity contribution in [2.75, 3.05) is 18.9 Å². The van der Waals surface area contributed by atoms with E-state index in [0.29, 0.717) is 35.3 Å². The largest absolute Gasteiger partial charge is 0.327 e. The number of hydrogen-bond donors (Lipinski definition) is 2. The zero-order valence-corrected chi connectivity index (χ0v) is 16.5. The monoisotopic (exact) mass is 377 g/mol. The number of sulfonamides is 1. The highest BCUT2D eigenvalue weighted by Crippen LogP contribution is 2.31. The predicted molar refractivity (Wildman–Crippen MR) is 105 cm³/mol. The Bertz CT molecular complexity index is 894. The van der Waals surface area contributed by atoms with Crippen LogP contribution in [-0.4, -0.2) is 38.3 Å². The minimum absolute atomic E-state index is 0.0495. The van der Waals surface area contributed by atoms with E-state index in [4.69, 9.17) is 5.73 Å². The average Bonchev–Trinajstić information content (AvgIpc) is 2.58. The molecule has 3 N–H and O–H groups in total. The second kappa shape index (κ2) is 8.16. The van der Waals surface area contributed by atoms with Gasteiger partial charge in [0.15, 0.2) is 0 Å². The van der Waals surface area contributed by atoms with Gasteiger partial charge in [-0.2, -0.15) is 0 Å². The Morgan fingerprint density at radius 3 is 2.35 bits per heavy atom. The molecule has 7 heteroatoms. The molecular formula is C19H27N3O3S. The number of fused-ring (bicyclic) bond motifs is 1. The third kappa shape index (κ3) is 4.41. The molecule has 2 aromatic carbocycles. The lowest BCUT2D eigenvalue weighted by Crippen LogP contribution is -2.34. The Hall–Kier alpha value is -1.96. The fourth-order valence-electron chi connectivity index (χ4n) is 2.75. The van der Waals surface area contributed by atoms with Crippen molar-refractivity contribution in [1.29, 1.82) is 0 Å². The molecule has 26 heavy (non-hydrogen) atoms. The molecule has 0 spiro atoms. The second-order valence-corrected chi connectivity index (χ2v) is 8.87. The van der Waals surface area contributed by atoms with Crippen LogP contribution in [0, 0.1) is 5.92 Å². The van der Waals surface area contributed by atoms with Crippen LogP contribution in [0.4, 0.5) is 5.69 Å². The Kier molecular flexibility index (Phi) is 6.39. The fourth-order valence-corrected chi connectivity index (χ4v) is 4.12. The molecular weight excluding hydrogens is 350 g/mol. The average molecular weight is 378 g/mol. The highest BCUT2D eigenvalue weighted by molar-refractivity contribution is 7.89. The van der Waals surface area contributed by atoms with Crippen LogP contribution < -0.4 is 11.1 Å². The Morgan fingerprint density at radius 1 is 1.15 bits per heavy atom. The number of hydrogen-bond acceptors (Lipinski definition) is 4. The molecule has 0 bridgehead atoms. The topological polar surface area (TPSA) is 92.5 Å². The lowest BCUT2D eigenvalue weighted by Gasteiger charge is -2.22. The molecule has 2 rings (SSSR count). The summed E-state index contributed by atoms with van der Waals surface area (Å²) in [5.74, 6) is 0.0921. The number of benzene rings is 2. The van der Waals surface area contributed by atoms with E-state index in [9.17, 15) is 13.2 Å². The van der Waals surface area contributed by atoms with E-state index in [1.54, 1.807) is 37.4 Å². The normalized spacial score (nSPS) is 13.3. The van der Waals surface area contributed by atoms with Gasteiger partial charge < -0.3 is 11.1 Å². The molecule has 142 valence electrons. The second-order valence-electron chi connectivity index (χ2n) is 6.86. The number of carbonyl (C=O) groups is 1. The molecule has 1 amide bonds. The Labute approximate surface area is 155 Å². The number of rotatable bonds is 7. The minimum atomic E-state index is -3.67. The van der Waals surface area contributed by atoms with E-state index < -0.39 is 10.0 Å². The third-order valence-electron chi connectivity index (χ3n) is 4.52. The van der Waals surface area contributed by atoms with Crippen molar-refractivity contribution in [1.82, 2.24) is 4.31 Å². The Morgan fingerprint density at radius 2 is 1.77 bits per heavy atom. The first-order valence-electron chi connectivity index (χ1n) is 8.66. The number of nitrogens with one attached hydrogen (secondary N) is 1. The van der Waals surface area contributed by atoms with Gasteiger partial charge in [-0.3, -0.25) is 4.79 Å². The molecule has 0 aromatic heterocycles. The van der Waals surface area contributed by atoms with Crippen molar-refractivity contribution in [2.24, 2.45) is 11.7 Å². The lowest BCUT2D eigenvalue weighted by atomic mass is 10.0. The van der Waals surface area contributed by atoms with Crippen LogP contribution in [0.25, 0.3) is 10.8 Å². The minimum Gasteiger partial charge on any atom is -0.327 e. The van der Waals surface area contributed by atoms with E-state index in [1.807, 2.05) is 19.9 Å². The van der Waals surface area contributed by atoms with Gasteiger partial charge in [0.1, 0.15) is 0 Å². The summed E-state index contributed by atoms with van der Waals surface area (Å²) in [5, 5.41) is 4.02. The van der Waals surface area contributed by atoms with Crippen LogP contribution in [-0.2, 0) is 14.8 Å². The lowest BCUT2D eigenvalue weighted by molar-refractivity contribution is -0.114. The van der Waals surface area contributed by atoms with Gasteiger partial charge in [-0.25, -0.2) is 12.7 Å². The van der Waals surface area contributed by atoms with Crippen molar-refractivity contribution in [3.8, 4) is 0 Å². The van der Waals surface area contributed by atoms with Gasteiger partial charge in [0.25, 0.3) is 0 Å². The van der Waals surface area contributed by atoms with Crippen LogP contribution in [0.3, 0.4) is 0 Å². The molecule has 0 radical (unpaired) electrons. The summed E-state index contributed by atoms with van der Waals surface area (Å²) in [6, 6.07) is 10.3. The van der Waals surface area contributed by atoms with Gasteiger partial charge in [0.05, 0.1) is 4.90 Å². The van der Waals surface area contributed by atoms with E-state index >= 15 is 0 Å². The number of carbonyl (C=O) groups excluding carboxylic acids is 1. The standard InChI is InChI=1S/C19H27N3O3S/c1-13(2)17(20)11-12-22(4)26(24,25)19-10-9-18(21-14(3)23)15-7-5-6-8-16(15)19/h5-10,13,17H,11-12,20H2,1-4H3,(H,21,23). The molecule has 0 saturated carbocycles. The maximum atomic E-state index is 13.1. The molecule has 6 nitrogen and oxygen atoms in total. The van der Waals surface area contributed by atoms with Gasteiger partial charge in [0.2, 0.25) is 15.9 Å². The summed E-state index contributed by atoms with van der Waals surface area (Å²) in [5.41, 5.74) is 6.64. The summed E-state index contributed by atoms with van der Waals surface area (Å²) in [4.78, 5) is 11.6. The predicted octanol–water partition coefficient (Wildman–Crippen LogP) is 2.79. The molecule has 2 aromatic rings. The first-order chi connectivity index (χ1) is 12.1. The van der Waals surface area contributed by atoms with Crippen molar-refractivity contribution in [2.45, 2.75) is 38.1 Å². The summed E-state index contributed by atoms with van der Waals surface area (Å²) < 4.78 is 27.5. The quantitative estimate of drug-likeness (QED) is 0.776. The van der Waals surface area contributed by atoms with Gasteiger partial charge in [-0.15, -0.1) is 0 Å². The zero-order valence-electron chi connectivity index (χ0n) is 15.7. The number of nitrogens with two attached hydrogens (primary N) is 1. The van der Waals surface area contributed by atoms with Gasteiger partial charge in [-0.1, -0.05) is 38.1 Å². The van der Waals surface area contributed by atoms with Crippen LogP contribution in [0.5, 0.6) is 0 Å². The molecule has 1 atom stereocenters. The van der Waals surface area contributed by atoms with E-state index in [2.05, 4.69) is 5.32 Å². The van der Waals surface area contributed by atoms with Crippen LogP contribution in [0.2, 0.25) is 0 Å². The molecule has 0 fully saturated rings. The van der Waals surface area contributed by atoms with Crippen LogP contribution in [0.1, 0.15) is 27.2 Å². The maximum absolute atomic E-state index is 13.1. The van der Waals surface area contributed by atoms with Gasteiger partial charge >= 0.3 is 0 Å². The van der Waals surface area contributed by atoms with E-state index in [-0.39, 0.29) is 16.8 Å². The summed E-state index contributed by atoms with van der Waals surface area (Å²) in [6.07, 6.45) is 0.593. The van der Waals surface area contributed by atoms with Crippen LogP contribution in [0.15, 0.2) is 41.3 Å². The zero-order chi connectivity index (χ0) is 19.5. The molecule has 0 heterocycles. The van der Waals surface area contributed by atoms with Gasteiger partial charge in [0, 0.05) is 43.0 Å².